The number of rotatable bonds is 0. The molecule has 6 fully saturated rings. The molecular formula is C27H56N6. The Morgan fingerprint density at radius 1 is 0.515 bits per heavy atom. The van der Waals surface area contributed by atoms with Crippen LogP contribution in [0.25, 0.3) is 0 Å². The molecule has 0 saturated carbocycles. The van der Waals surface area contributed by atoms with E-state index in [1.54, 1.807) is 0 Å². The third-order valence-corrected chi connectivity index (χ3v) is 9.54. The first kappa shape index (κ1) is 27.3. The lowest BCUT2D eigenvalue weighted by molar-refractivity contribution is -0.0349. The number of likely N-dealkylation sites (tertiary alicyclic amines) is 4. The molecule has 194 valence electrons. The molecule has 6 aliphatic rings. The van der Waals surface area contributed by atoms with Gasteiger partial charge < -0.3 is 30.2 Å². The number of hydrogen-bond acceptors (Lipinski definition) is 6. The zero-order valence-electron chi connectivity index (χ0n) is 23.0. The molecule has 6 saturated heterocycles. The van der Waals surface area contributed by atoms with E-state index in [1.165, 1.54) is 117 Å². The van der Waals surface area contributed by atoms with Crippen molar-refractivity contribution in [2.75, 3.05) is 100 Å². The van der Waals surface area contributed by atoms with Crippen LogP contribution >= 0.6 is 0 Å². The van der Waals surface area contributed by atoms with Crippen LogP contribution in [0, 0.1) is 10.8 Å². The Hall–Kier alpha value is -0.240. The fraction of sp³-hybridized carbons (Fsp3) is 1.00. The maximum Gasteiger partial charge on any atom is 0.0243 e. The van der Waals surface area contributed by atoms with Crippen LogP contribution < -0.4 is 10.6 Å². The van der Waals surface area contributed by atoms with Crippen LogP contribution in [0.3, 0.4) is 0 Å². The minimum atomic E-state index is 0.631. The Kier molecular flexibility index (Phi) is 10.1. The molecule has 0 unspecified atom stereocenters. The zero-order chi connectivity index (χ0) is 24.0. The van der Waals surface area contributed by atoms with Crippen LogP contribution in [-0.4, -0.2) is 125 Å². The van der Waals surface area contributed by atoms with Crippen molar-refractivity contribution in [1.29, 1.82) is 0 Å². The van der Waals surface area contributed by atoms with E-state index in [2.05, 4.69) is 58.4 Å². The van der Waals surface area contributed by atoms with E-state index in [4.69, 9.17) is 0 Å². The first-order chi connectivity index (χ1) is 15.8. The molecule has 6 aliphatic heterocycles. The van der Waals surface area contributed by atoms with Gasteiger partial charge >= 0.3 is 0 Å². The lowest BCUT2D eigenvalue weighted by Gasteiger charge is -2.54. The van der Waals surface area contributed by atoms with Gasteiger partial charge in [0.15, 0.2) is 0 Å². The van der Waals surface area contributed by atoms with Crippen molar-refractivity contribution in [2.45, 2.75) is 64.3 Å². The molecule has 6 nitrogen and oxygen atoms in total. The third kappa shape index (κ3) is 6.92. The van der Waals surface area contributed by atoms with Gasteiger partial charge in [0, 0.05) is 50.2 Å². The predicted octanol–water partition coefficient (Wildman–Crippen LogP) is 2.42. The molecule has 0 aromatic heterocycles. The van der Waals surface area contributed by atoms with Crippen molar-refractivity contribution in [3.8, 4) is 0 Å². The van der Waals surface area contributed by atoms with Crippen LogP contribution in [0.15, 0.2) is 0 Å². The van der Waals surface area contributed by atoms with Gasteiger partial charge in [0.05, 0.1) is 0 Å². The Labute approximate surface area is 205 Å². The van der Waals surface area contributed by atoms with E-state index in [9.17, 15) is 0 Å². The molecule has 0 aliphatic carbocycles. The molecule has 2 N–H and O–H groups in total. The second kappa shape index (κ2) is 12.1. The molecular weight excluding hydrogens is 408 g/mol. The summed E-state index contributed by atoms with van der Waals surface area (Å²) in [7, 11) is 8.96. The second-order valence-corrected chi connectivity index (χ2v) is 12.1. The van der Waals surface area contributed by atoms with E-state index in [1.807, 2.05) is 13.8 Å². The summed E-state index contributed by atoms with van der Waals surface area (Å²) in [6, 6.07) is 0. The van der Waals surface area contributed by atoms with Crippen LogP contribution in [0.4, 0.5) is 0 Å². The highest BCUT2D eigenvalue weighted by atomic mass is 15.3. The summed E-state index contributed by atoms with van der Waals surface area (Å²) in [5.74, 6) is 0. The van der Waals surface area contributed by atoms with Gasteiger partial charge in [-0.2, -0.15) is 0 Å². The van der Waals surface area contributed by atoms with Crippen LogP contribution in [0.1, 0.15) is 58.8 Å². The summed E-state index contributed by atoms with van der Waals surface area (Å²) >= 11 is 0. The highest BCUT2D eigenvalue weighted by Crippen LogP contribution is 2.38. The Balaban J connectivity index is 0.000000134. The van der Waals surface area contributed by atoms with E-state index in [-0.39, 0.29) is 0 Å². The van der Waals surface area contributed by atoms with E-state index in [0.717, 1.165) is 5.41 Å². The molecule has 0 aromatic carbocycles. The molecule has 0 aromatic rings. The smallest absolute Gasteiger partial charge is 0.0243 e. The van der Waals surface area contributed by atoms with Crippen molar-refractivity contribution in [3.05, 3.63) is 0 Å². The second-order valence-electron chi connectivity index (χ2n) is 12.1. The molecule has 0 radical (unpaired) electrons. The van der Waals surface area contributed by atoms with E-state index >= 15 is 0 Å². The minimum absolute atomic E-state index is 0.631. The molecule has 3 spiro atoms. The molecule has 6 rings (SSSR count). The van der Waals surface area contributed by atoms with Gasteiger partial charge in [0.1, 0.15) is 0 Å². The Morgan fingerprint density at radius 2 is 1.00 bits per heavy atom. The van der Waals surface area contributed by atoms with Gasteiger partial charge in [0.2, 0.25) is 0 Å². The first-order valence-corrected chi connectivity index (χ1v) is 14.0. The monoisotopic (exact) mass is 464 g/mol. The fourth-order valence-corrected chi connectivity index (χ4v) is 6.46. The molecule has 33 heavy (non-hydrogen) atoms. The minimum Gasteiger partial charge on any atom is -0.316 e. The lowest BCUT2D eigenvalue weighted by atomic mass is 9.74. The standard InChI is InChI=1S/C9H18N2.2C8H16N2.C2H6/c1-10-6-3-9(4-7-10)5-8-11(9)2;1-10-4-2-8(3-5-10)6-9-7-8;1-10-4-2-3-8(7-10)5-9-6-8;1-2/h3-8H2,1-2H3;2*9H,2-7H2,1H3;1-2H3. The highest BCUT2D eigenvalue weighted by Gasteiger charge is 2.43. The molecule has 6 heteroatoms. The number of nitrogens with zero attached hydrogens (tertiary/aromatic N) is 4. The normalized spacial score (nSPS) is 30.4. The van der Waals surface area contributed by atoms with Crippen molar-refractivity contribution in [1.82, 2.24) is 30.2 Å². The van der Waals surface area contributed by atoms with Crippen molar-refractivity contribution in [2.24, 2.45) is 10.8 Å². The number of piperidine rings is 3. The fourth-order valence-electron chi connectivity index (χ4n) is 6.46. The topological polar surface area (TPSA) is 37.0 Å². The van der Waals surface area contributed by atoms with Crippen molar-refractivity contribution < 1.29 is 0 Å². The third-order valence-electron chi connectivity index (χ3n) is 9.54. The van der Waals surface area contributed by atoms with Crippen LogP contribution in [-0.2, 0) is 0 Å². The summed E-state index contributed by atoms with van der Waals surface area (Å²) in [6.45, 7) is 18.2. The summed E-state index contributed by atoms with van der Waals surface area (Å²) in [6.07, 6.45) is 9.90. The van der Waals surface area contributed by atoms with Gasteiger partial charge in [-0.05, 0) is 111 Å². The number of nitrogens with one attached hydrogen (secondary N) is 2. The van der Waals surface area contributed by atoms with Gasteiger partial charge in [-0.15, -0.1) is 0 Å². The predicted molar refractivity (Wildman–Crippen MR) is 142 cm³/mol. The summed E-state index contributed by atoms with van der Waals surface area (Å²) in [5, 5.41) is 6.73. The largest absolute Gasteiger partial charge is 0.316 e. The van der Waals surface area contributed by atoms with Crippen molar-refractivity contribution >= 4 is 0 Å². The molecule has 0 bridgehead atoms. The van der Waals surface area contributed by atoms with Gasteiger partial charge in [-0.25, -0.2) is 0 Å². The quantitative estimate of drug-likeness (QED) is 0.574. The summed E-state index contributed by atoms with van der Waals surface area (Å²) < 4.78 is 0. The number of hydrogen-bond donors (Lipinski definition) is 2. The first-order valence-electron chi connectivity index (χ1n) is 14.0. The maximum absolute atomic E-state index is 3.37. The average molecular weight is 465 g/mol. The van der Waals surface area contributed by atoms with Crippen molar-refractivity contribution in [3.63, 3.8) is 0 Å². The van der Waals surface area contributed by atoms with Crippen LogP contribution in [0.2, 0.25) is 0 Å². The van der Waals surface area contributed by atoms with E-state index in [0.29, 0.717) is 11.0 Å². The zero-order valence-corrected chi connectivity index (χ0v) is 23.0. The van der Waals surface area contributed by atoms with Crippen LogP contribution in [0.5, 0.6) is 0 Å². The molecule has 0 atom stereocenters. The Bertz CT molecular complexity index is 555. The van der Waals surface area contributed by atoms with E-state index < -0.39 is 0 Å². The SMILES string of the molecule is CC.CN1CCC2(CC1)CCN2C.CN1CCC2(CC1)CNC2.CN1CCCC2(CNC2)C1. The average Bonchev–Trinajstić information content (AvgIpc) is 2.79. The van der Waals surface area contributed by atoms with Gasteiger partial charge in [0.25, 0.3) is 0 Å². The maximum atomic E-state index is 3.37. The highest BCUT2D eigenvalue weighted by molar-refractivity contribution is 5.01. The Morgan fingerprint density at radius 3 is 1.33 bits per heavy atom. The summed E-state index contributed by atoms with van der Waals surface area (Å²) in [4.78, 5) is 9.88. The lowest BCUT2D eigenvalue weighted by Crippen LogP contribution is -2.61. The molecule has 6 heterocycles. The van der Waals surface area contributed by atoms with Gasteiger partial charge in [-0.1, -0.05) is 13.8 Å². The van der Waals surface area contributed by atoms with Gasteiger partial charge in [-0.3, -0.25) is 0 Å². The molecule has 0 amide bonds. The summed E-state index contributed by atoms with van der Waals surface area (Å²) in [5.41, 5.74) is 2.05.